The van der Waals surface area contributed by atoms with Crippen molar-refractivity contribution < 1.29 is 9.90 Å². The molecule has 0 unspecified atom stereocenters. The van der Waals surface area contributed by atoms with E-state index in [9.17, 15) is 15.2 Å². The van der Waals surface area contributed by atoms with Crippen LogP contribution in [0.25, 0.3) is 0 Å². The van der Waals surface area contributed by atoms with Gasteiger partial charge in [-0.1, -0.05) is 18.2 Å². The number of amides is 1. The number of hydrogen-bond donors (Lipinski definition) is 2. The smallest absolute Gasteiger partial charge is 0.267 e. The van der Waals surface area contributed by atoms with E-state index in [1.165, 1.54) is 12.3 Å². The van der Waals surface area contributed by atoms with Crippen molar-refractivity contribution in [3.8, 4) is 11.8 Å². The molecule has 116 valence electrons. The van der Waals surface area contributed by atoms with Crippen LogP contribution in [0.4, 0.5) is 11.4 Å². The standard InChI is InChI=1S/C18H17N3O2/c1-13-10-16(22)8-9-17(13)20-18(23)14(11-19)12-21(2)15-6-4-3-5-7-15/h3-10,12,22H,1-2H3,(H,20,23)/b14-12-. The van der Waals surface area contributed by atoms with Crippen LogP contribution < -0.4 is 10.2 Å². The third-order valence-electron chi connectivity index (χ3n) is 3.31. The monoisotopic (exact) mass is 307 g/mol. The van der Waals surface area contributed by atoms with E-state index in [4.69, 9.17) is 0 Å². The van der Waals surface area contributed by atoms with Gasteiger partial charge in [0, 0.05) is 24.6 Å². The van der Waals surface area contributed by atoms with Crippen LogP contribution in [-0.2, 0) is 4.79 Å². The number of anilines is 2. The molecule has 0 radical (unpaired) electrons. The number of carbonyl (C=O) groups is 1. The van der Waals surface area contributed by atoms with Gasteiger partial charge in [0.1, 0.15) is 17.4 Å². The largest absolute Gasteiger partial charge is 0.508 e. The second-order valence-corrected chi connectivity index (χ2v) is 5.05. The Morgan fingerprint density at radius 2 is 1.96 bits per heavy atom. The first kappa shape index (κ1) is 16.1. The summed E-state index contributed by atoms with van der Waals surface area (Å²) < 4.78 is 0. The van der Waals surface area contributed by atoms with Gasteiger partial charge in [-0.15, -0.1) is 0 Å². The second-order valence-electron chi connectivity index (χ2n) is 5.05. The van der Waals surface area contributed by atoms with Crippen molar-refractivity contribution in [2.24, 2.45) is 0 Å². The molecule has 5 nitrogen and oxygen atoms in total. The zero-order valence-electron chi connectivity index (χ0n) is 12.9. The Morgan fingerprint density at radius 1 is 1.26 bits per heavy atom. The van der Waals surface area contributed by atoms with Crippen molar-refractivity contribution in [1.29, 1.82) is 5.26 Å². The number of nitrogens with zero attached hydrogens (tertiary/aromatic N) is 2. The maximum atomic E-state index is 12.3. The Labute approximate surface area is 135 Å². The number of phenolic OH excluding ortho intramolecular Hbond substituents is 1. The molecule has 0 bridgehead atoms. The molecule has 2 rings (SSSR count). The SMILES string of the molecule is Cc1cc(O)ccc1NC(=O)/C(C#N)=C\N(C)c1ccccc1. The number of phenols is 1. The second kappa shape index (κ2) is 7.14. The molecule has 5 heteroatoms. The van der Waals surface area contributed by atoms with E-state index in [0.29, 0.717) is 11.3 Å². The Morgan fingerprint density at radius 3 is 2.57 bits per heavy atom. The molecule has 0 aliphatic rings. The minimum absolute atomic E-state index is 0.0103. The number of nitrogens with one attached hydrogen (secondary N) is 1. The highest BCUT2D eigenvalue weighted by molar-refractivity contribution is 6.07. The molecule has 0 aliphatic carbocycles. The van der Waals surface area contributed by atoms with E-state index < -0.39 is 5.91 Å². The maximum absolute atomic E-state index is 12.3. The molecule has 2 aromatic rings. The summed E-state index contributed by atoms with van der Waals surface area (Å²) in [5, 5.41) is 21.3. The van der Waals surface area contributed by atoms with E-state index in [1.54, 1.807) is 31.0 Å². The molecule has 0 aromatic heterocycles. The normalized spacial score (nSPS) is 10.7. The van der Waals surface area contributed by atoms with Crippen LogP contribution in [-0.4, -0.2) is 18.1 Å². The molecule has 23 heavy (non-hydrogen) atoms. The summed E-state index contributed by atoms with van der Waals surface area (Å²) in [6.07, 6.45) is 1.49. The third-order valence-corrected chi connectivity index (χ3v) is 3.31. The molecule has 0 spiro atoms. The predicted octanol–water partition coefficient (Wildman–Crippen LogP) is 3.18. The summed E-state index contributed by atoms with van der Waals surface area (Å²) in [5.41, 5.74) is 2.13. The molecule has 0 saturated heterocycles. The van der Waals surface area contributed by atoms with E-state index in [1.807, 2.05) is 36.4 Å². The van der Waals surface area contributed by atoms with Gasteiger partial charge in [0.15, 0.2) is 0 Å². The Hall–Kier alpha value is -3.26. The number of rotatable bonds is 4. The molecule has 1 amide bonds. The fourth-order valence-electron chi connectivity index (χ4n) is 2.05. The van der Waals surface area contributed by atoms with E-state index in [-0.39, 0.29) is 11.3 Å². The lowest BCUT2D eigenvalue weighted by Gasteiger charge is -2.15. The van der Waals surface area contributed by atoms with Crippen LogP contribution in [0.5, 0.6) is 5.75 Å². The van der Waals surface area contributed by atoms with Crippen LogP contribution in [0, 0.1) is 18.3 Å². The van der Waals surface area contributed by atoms with Crippen LogP contribution in [0.2, 0.25) is 0 Å². The Balaban J connectivity index is 2.18. The predicted molar refractivity (Wildman–Crippen MR) is 90.0 cm³/mol. The molecular formula is C18H17N3O2. The summed E-state index contributed by atoms with van der Waals surface area (Å²) in [6.45, 7) is 1.77. The van der Waals surface area contributed by atoms with Crippen molar-refractivity contribution in [3.05, 3.63) is 65.9 Å². The number of carbonyl (C=O) groups excluding carboxylic acids is 1. The van der Waals surface area contributed by atoms with Crippen LogP contribution in [0.15, 0.2) is 60.3 Å². The van der Waals surface area contributed by atoms with Crippen molar-refractivity contribution in [2.75, 3.05) is 17.3 Å². The van der Waals surface area contributed by atoms with Crippen molar-refractivity contribution in [3.63, 3.8) is 0 Å². The average molecular weight is 307 g/mol. The van der Waals surface area contributed by atoms with Gasteiger partial charge in [0.25, 0.3) is 5.91 Å². The molecule has 2 aromatic carbocycles. The lowest BCUT2D eigenvalue weighted by molar-refractivity contribution is -0.112. The Bertz CT molecular complexity index is 777. The maximum Gasteiger partial charge on any atom is 0.267 e. The summed E-state index contributed by atoms with van der Waals surface area (Å²) in [4.78, 5) is 14.0. The Kier molecular flexibility index (Phi) is 5.00. The first-order valence-corrected chi connectivity index (χ1v) is 7.02. The lowest BCUT2D eigenvalue weighted by atomic mass is 10.1. The highest BCUT2D eigenvalue weighted by Crippen LogP contribution is 2.21. The van der Waals surface area contributed by atoms with Gasteiger partial charge in [-0.05, 0) is 42.8 Å². The molecule has 0 heterocycles. The van der Waals surface area contributed by atoms with Gasteiger partial charge in [-0.25, -0.2) is 0 Å². The van der Waals surface area contributed by atoms with Crippen LogP contribution in [0.1, 0.15) is 5.56 Å². The van der Waals surface area contributed by atoms with E-state index in [0.717, 1.165) is 5.69 Å². The molecule has 0 saturated carbocycles. The van der Waals surface area contributed by atoms with Crippen LogP contribution >= 0.6 is 0 Å². The number of para-hydroxylation sites is 1. The molecule has 2 N–H and O–H groups in total. The minimum atomic E-state index is -0.496. The van der Waals surface area contributed by atoms with Gasteiger partial charge < -0.3 is 15.3 Å². The van der Waals surface area contributed by atoms with E-state index >= 15 is 0 Å². The quantitative estimate of drug-likeness (QED) is 0.517. The summed E-state index contributed by atoms with van der Waals surface area (Å²) in [7, 11) is 1.77. The van der Waals surface area contributed by atoms with Crippen LogP contribution in [0.3, 0.4) is 0 Å². The molecule has 0 atom stereocenters. The minimum Gasteiger partial charge on any atom is -0.508 e. The van der Waals surface area contributed by atoms with Crippen molar-refractivity contribution in [2.45, 2.75) is 6.92 Å². The lowest BCUT2D eigenvalue weighted by Crippen LogP contribution is -2.18. The topological polar surface area (TPSA) is 76.4 Å². The van der Waals surface area contributed by atoms with Gasteiger partial charge >= 0.3 is 0 Å². The fraction of sp³-hybridized carbons (Fsp3) is 0.111. The van der Waals surface area contributed by atoms with Gasteiger partial charge in [0.05, 0.1) is 0 Å². The summed E-state index contributed by atoms with van der Waals surface area (Å²) in [5.74, 6) is -0.371. The fourth-order valence-corrected chi connectivity index (χ4v) is 2.05. The number of benzene rings is 2. The van der Waals surface area contributed by atoms with Gasteiger partial charge in [-0.3, -0.25) is 4.79 Å². The van der Waals surface area contributed by atoms with Crippen molar-refractivity contribution >= 4 is 17.3 Å². The third kappa shape index (κ3) is 4.11. The zero-order chi connectivity index (χ0) is 16.8. The van der Waals surface area contributed by atoms with Gasteiger partial charge in [0.2, 0.25) is 0 Å². The number of nitriles is 1. The summed E-state index contributed by atoms with van der Waals surface area (Å²) in [6, 6.07) is 16.0. The average Bonchev–Trinajstić information content (AvgIpc) is 2.55. The number of hydrogen-bond acceptors (Lipinski definition) is 4. The highest BCUT2D eigenvalue weighted by atomic mass is 16.3. The zero-order valence-corrected chi connectivity index (χ0v) is 12.9. The van der Waals surface area contributed by atoms with Crippen molar-refractivity contribution in [1.82, 2.24) is 0 Å². The summed E-state index contributed by atoms with van der Waals surface area (Å²) >= 11 is 0. The first-order valence-electron chi connectivity index (χ1n) is 7.02. The first-order chi connectivity index (χ1) is 11.0. The number of aromatic hydroxyl groups is 1. The number of aryl methyl sites for hydroxylation is 1. The molecular weight excluding hydrogens is 290 g/mol. The highest BCUT2D eigenvalue weighted by Gasteiger charge is 2.12. The molecule has 0 aliphatic heterocycles. The van der Waals surface area contributed by atoms with Gasteiger partial charge in [-0.2, -0.15) is 5.26 Å². The molecule has 0 fully saturated rings. The van der Waals surface area contributed by atoms with E-state index in [2.05, 4.69) is 5.32 Å².